The first-order chi connectivity index (χ1) is 5.86. The summed E-state index contributed by atoms with van der Waals surface area (Å²) in [6.45, 7) is 2.28. The van der Waals surface area contributed by atoms with Crippen LogP contribution < -0.4 is 0 Å². The van der Waals surface area contributed by atoms with Crippen molar-refractivity contribution in [3.05, 3.63) is 36.0 Å². The molecular formula is C11H11N. The van der Waals surface area contributed by atoms with Crippen LogP contribution in [-0.2, 0) is 6.42 Å². The average molecular weight is 157 g/mol. The van der Waals surface area contributed by atoms with E-state index in [1.165, 1.54) is 22.9 Å². The van der Waals surface area contributed by atoms with E-state index in [2.05, 4.69) is 42.0 Å². The van der Waals surface area contributed by atoms with Gasteiger partial charge in [-0.25, -0.2) is 0 Å². The molecule has 0 aliphatic carbocycles. The number of hydrogen-bond acceptors (Lipinski definition) is 0. The molecule has 0 amide bonds. The Labute approximate surface area is 71.6 Å². The first kappa shape index (κ1) is 6.30. The van der Waals surface area contributed by atoms with Crippen molar-refractivity contribution < 1.29 is 0 Å². The predicted octanol–water partition coefficient (Wildman–Crippen LogP) is 2.76. The van der Waals surface area contributed by atoms with Crippen molar-refractivity contribution in [3.8, 4) is 0 Å². The van der Waals surface area contributed by atoms with E-state index in [0.717, 1.165) is 0 Å². The summed E-state index contributed by atoms with van der Waals surface area (Å²) in [5, 5.41) is 1.39. The van der Waals surface area contributed by atoms with Crippen molar-refractivity contribution in [2.24, 2.45) is 0 Å². The Hall–Kier alpha value is -1.24. The van der Waals surface area contributed by atoms with E-state index in [0.29, 0.717) is 6.04 Å². The summed E-state index contributed by atoms with van der Waals surface area (Å²) in [5.41, 5.74) is 2.95. The Morgan fingerprint density at radius 3 is 3.17 bits per heavy atom. The third-order valence-electron chi connectivity index (χ3n) is 2.81. The molecule has 1 aromatic heterocycles. The zero-order valence-corrected chi connectivity index (χ0v) is 7.12. The second-order valence-corrected chi connectivity index (χ2v) is 3.63. The third-order valence-corrected chi connectivity index (χ3v) is 2.81. The van der Waals surface area contributed by atoms with Crippen molar-refractivity contribution in [2.45, 2.75) is 19.4 Å². The lowest BCUT2D eigenvalue weighted by molar-refractivity contribution is 0.597. The molecule has 1 nitrogen and oxygen atoms in total. The Morgan fingerprint density at radius 1 is 1.33 bits per heavy atom. The fourth-order valence-corrected chi connectivity index (χ4v) is 2.24. The highest BCUT2D eigenvalue weighted by molar-refractivity contribution is 5.84. The summed E-state index contributed by atoms with van der Waals surface area (Å²) in [7, 11) is 0. The molecule has 1 aliphatic heterocycles. The molecule has 0 saturated carbocycles. The van der Waals surface area contributed by atoms with Crippen molar-refractivity contribution >= 4 is 10.9 Å². The normalized spacial score (nSPS) is 20.6. The molecule has 0 spiro atoms. The fourth-order valence-electron chi connectivity index (χ4n) is 2.24. The Kier molecular flexibility index (Phi) is 1.01. The van der Waals surface area contributed by atoms with Gasteiger partial charge in [0.2, 0.25) is 0 Å². The van der Waals surface area contributed by atoms with Gasteiger partial charge in [0.25, 0.3) is 0 Å². The summed E-state index contributed by atoms with van der Waals surface area (Å²) >= 11 is 0. The molecule has 0 radical (unpaired) electrons. The quantitative estimate of drug-likeness (QED) is 0.554. The summed E-state index contributed by atoms with van der Waals surface area (Å²) in [6, 6.07) is 9.43. The van der Waals surface area contributed by atoms with Crippen LogP contribution in [0.25, 0.3) is 10.9 Å². The summed E-state index contributed by atoms with van der Waals surface area (Å²) in [5.74, 6) is 0. The van der Waals surface area contributed by atoms with Gasteiger partial charge in [-0.1, -0.05) is 18.2 Å². The van der Waals surface area contributed by atoms with Crippen LogP contribution in [0, 0.1) is 0 Å². The molecule has 0 N–H and O–H groups in total. The van der Waals surface area contributed by atoms with Crippen molar-refractivity contribution in [3.63, 3.8) is 0 Å². The molecule has 1 aromatic carbocycles. The summed E-state index contributed by atoms with van der Waals surface area (Å²) in [6.07, 6.45) is 3.40. The van der Waals surface area contributed by atoms with Crippen molar-refractivity contribution in [2.75, 3.05) is 0 Å². The molecule has 2 heterocycles. The van der Waals surface area contributed by atoms with E-state index < -0.39 is 0 Å². The van der Waals surface area contributed by atoms with E-state index in [4.69, 9.17) is 0 Å². The Bertz CT molecular complexity index is 439. The molecule has 60 valence electrons. The lowest BCUT2D eigenvalue weighted by atomic mass is 10.1. The monoisotopic (exact) mass is 157 g/mol. The van der Waals surface area contributed by atoms with Gasteiger partial charge in [-0.3, -0.25) is 0 Å². The van der Waals surface area contributed by atoms with Gasteiger partial charge in [-0.05, 0) is 30.4 Å². The van der Waals surface area contributed by atoms with Gasteiger partial charge in [0.1, 0.15) is 0 Å². The molecule has 1 heteroatoms. The van der Waals surface area contributed by atoms with Crippen LogP contribution in [0.3, 0.4) is 0 Å². The van der Waals surface area contributed by atoms with Crippen molar-refractivity contribution in [1.29, 1.82) is 0 Å². The van der Waals surface area contributed by atoms with Gasteiger partial charge in [0, 0.05) is 12.2 Å². The number of nitrogens with zero attached hydrogens (tertiary/aromatic N) is 1. The first-order valence-corrected chi connectivity index (χ1v) is 4.45. The predicted molar refractivity (Wildman–Crippen MR) is 50.4 cm³/mol. The van der Waals surface area contributed by atoms with Crippen molar-refractivity contribution in [1.82, 2.24) is 4.57 Å². The van der Waals surface area contributed by atoms with E-state index >= 15 is 0 Å². The number of hydrogen-bond donors (Lipinski definition) is 0. The Morgan fingerprint density at radius 2 is 2.25 bits per heavy atom. The maximum absolute atomic E-state index is 2.38. The second kappa shape index (κ2) is 1.92. The smallest absolute Gasteiger partial charge is 0.0516 e. The van der Waals surface area contributed by atoms with Crippen LogP contribution in [0.5, 0.6) is 0 Å². The molecule has 1 unspecified atom stereocenters. The van der Waals surface area contributed by atoms with Crippen LogP contribution in [0.15, 0.2) is 30.5 Å². The van der Waals surface area contributed by atoms with E-state index in [1.54, 1.807) is 0 Å². The van der Waals surface area contributed by atoms with Crippen LogP contribution in [0.1, 0.15) is 18.5 Å². The first-order valence-electron chi connectivity index (χ1n) is 4.45. The number of rotatable bonds is 0. The second-order valence-electron chi connectivity index (χ2n) is 3.63. The number of benzene rings is 1. The average Bonchev–Trinajstić information content (AvgIpc) is 2.60. The van der Waals surface area contributed by atoms with E-state index in [1.807, 2.05) is 0 Å². The molecule has 1 aliphatic rings. The Balaban J connectivity index is 2.51. The topological polar surface area (TPSA) is 4.93 Å². The lowest BCUT2D eigenvalue weighted by Gasteiger charge is -2.03. The van der Waals surface area contributed by atoms with Gasteiger partial charge in [0.05, 0.1) is 5.52 Å². The zero-order valence-electron chi connectivity index (χ0n) is 7.12. The minimum Gasteiger partial charge on any atom is -0.344 e. The third kappa shape index (κ3) is 0.596. The fraction of sp³-hybridized carbons (Fsp3) is 0.273. The standard InChI is InChI=1S/C11H11N/c1-8-7-10-4-2-3-9-5-6-12(8)11(9)10/h2-6,8H,7H2,1H3. The van der Waals surface area contributed by atoms with Gasteiger partial charge >= 0.3 is 0 Å². The molecular weight excluding hydrogens is 146 g/mol. The maximum Gasteiger partial charge on any atom is 0.0516 e. The largest absolute Gasteiger partial charge is 0.344 e. The SMILES string of the molecule is CC1Cc2cccc3ccn1c23. The van der Waals surface area contributed by atoms with Gasteiger partial charge in [0.15, 0.2) is 0 Å². The molecule has 2 aromatic rings. The highest BCUT2D eigenvalue weighted by Crippen LogP contribution is 2.32. The van der Waals surface area contributed by atoms with Gasteiger partial charge in [-0.15, -0.1) is 0 Å². The molecule has 0 fully saturated rings. The van der Waals surface area contributed by atoms with E-state index in [-0.39, 0.29) is 0 Å². The number of aromatic nitrogens is 1. The molecule has 1 atom stereocenters. The zero-order chi connectivity index (χ0) is 8.13. The van der Waals surface area contributed by atoms with E-state index in [9.17, 15) is 0 Å². The molecule has 12 heavy (non-hydrogen) atoms. The molecule has 0 bridgehead atoms. The summed E-state index contributed by atoms with van der Waals surface area (Å²) < 4.78 is 2.38. The van der Waals surface area contributed by atoms with Crippen LogP contribution >= 0.6 is 0 Å². The van der Waals surface area contributed by atoms with Crippen LogP contribution in [0.2, 0.25) is 0 Å². The minimum absolute atomic E-state index is 0.653. The highest BCUT2D eigenvalue weighted by Gasteiger charge is 2.18. The van der Waals surface area contributed by atoms with Crippen LogP contribution in [0.4, 0.5) is 0 Å². The number of para-hydroxylation sites is 1. The molecule has 0 saturated heterocycles. The minimum atomic E-state index is 0.653. The van der Waals surface area contributed by atoms with Gasteiger partial charge in [-0.2, -0.15) is 0 Å². The summed E-state index contributed by atoms with van der Waals surface area (Å²) in [4.78, 5) is 0. The van der Waals surface area contributed by atoms with Gasteiger partial charge < -0.3 is 4.57 Å². The maximum atomic E-state index is 2.38. The lowest BCUT2D eigenvalue weighted by Crippen LogP contribution is -1.96. The van der Waals surface area contributed by atoms with Crippen LogP contribution in [-0.4, -0.2) is 4.57 Å². The highest BCUT2D eigenvalue weighted by atomic mass is 15.0. The molecule has 3 rings (SSSR count).